The maximum absolute atomic E-state index is 13.4. The van der Waals surface area contributed by atoms with Crippen LogP contribution in [0.25, 0.3) is 5.69 Å². The predicted molar refractivity (Wildman–Crippen MR) is 97.8 cm³/mol. The molecule has 29 heavy (non-hydrogen) atoms. The third-order valence-electron chi connectivity index (χ3n) is 4.64. The molecule has 0 bridgehead atoms. The SMILES string of the molecule is O=C(NCc1nnnn1-c1cccc(F)c1)C1CC(=O)N(c2ccc(F)cc2)C1. The lowest BCUT2D eigenvalue weighted by atomic mass is 10.1. The van der Waals surface area contributed by atoms with E-state index in [0.29, 0.717) is 17.2 Å². The summed E-state index contributed by atoms with van der Waals surface area (Å²) in [4.78, 5) is 26.2. The smallest absolute Gasteiger partial charge is 0.227 e. The summed E-state index contributed by atoms with van der Waals surface area (Å²) in [6.07, 6.45) is 0.0536. The Morgan fingerprint density at radius 3 is 2.66 bits per heavy atom. The molecule has 0 aliphatic carbocycles. The van der Waals surface area contributed by atoms with Crippen molar-refractivity contribution in [3.05, 3.63) is 66.0 Å². The highest BCUT2D eigenvalue weighted by atomic mass is 19.1. The first-order valence-electron chi connectivity index (χ1n) is 8.88. The van der Waals surface area contributed by atoms with Crippen LogP contribution in [0.15, 0.2) is 48.5 Å². The summed E-state index contributed by atoms with van der Waals surface area (Å²) in [5, 5.41) is 14.0. The number of nitrogens with one attached hydrogen (secondary N) is 1. The summed E-state index contributed by atoms with van der Waals surface area (Å²) >= 11 is 0. The number of benzene rings is 2. The van der Waals surface area contributed by atoms with Crippen LogP contribution in [-0.4, -0.2) is 38.6 Å². The van der Waals surface area contributed by atoms with E-state index in [2.05, 4.69) is 20.8 Å². The van der Waals surface area contributed by atoms with Crippen molar-refractivity contribution in [1.29, 1.82) is 0 Å². The van der Waals surface area contributed by atoms with E-state index in [1.54, 1.807) is 6.07 Å². The van der Waals surface area contributed by atoms with Crippen LogP contribution in [0, 0.1) is 17.6 Å². The van der Waals surface area contributed by atoms with Gasteiger partial charge in [0, 0.05) is 18.7 Å². The van der Waals surface area contributed by atoms with E-state index in [1.165, 1.54) is 52.0 Å². The van der Waals surface area contributed by atoms with Gasteiger partial charge < -0.3 is 10.2 Å². The molecule has 1 aliphatic rings. The number of aromatic nitrogens is 4. The number of halogens is 2. The first kappa shape index (κ1) is 18.7. The monoisotopic (exact) mass is 398 g/mol. The Balaban J connectivity index is 1.40. The lowest BCUT2D eigenvalue weighted by molar-refractivity contribution is -0.126. The van der Waals surface area contributed by atoms with Crippen LogP contribution in [0.3, 0.4) is 0 Å². The average molecular weight is 398 g/mol. The van der Waals surface area contributed by atoms with Crippen LogP contribution >= 0.6 is 0 Å². The molecule has 3 aromatic rings. The molecule has 2 amide bonds. The number of carbonyl (C=O) groups is 2. The molecule has 2 heterocycles. The van der Waals surface area contributed by atoms with Gasteiger partial charge in [0.15, 0.2) is 5.82 Å². The molecule has 10 heteroatoms. The van der Waals surface area contributed by atoms with Crippen molar-refractivity contribution >= 4 is 17.5 Å². The lowest BCUT2D eigenvalue weighted by Crippen LogP contribution is -2.33. The van der Waals surface area contributed by atoms with Crippen molar-refractivity contribution < 1.29 is 18.4 Å². The van der Waals surface area contributed by atoms with Crippen LogP contribution in [0.4, 0.5) is 14.5 Å². The zero-order chi connectivity index (χ0) is 20.4. The molecule has 0 radical (unpaired) electrons. The van der Waals surface area contributed by atoms with Crippen LogP contribution in [-0.2, 0) is 16.1 Å². The minimum atomic E-state index is -0.550. The second-order valence-corrected chi connectivity index (χ2v) is 6.59. The standard InChI is InChI=1S/C19H16F2N6O2/c20-13-4-6-15(7-5-13)26-11-12(8-18(26)28)19(29)22-10-17-23-24-25-27(17)16-3-1-2-14(21)9-16/h1-7,9,12H,8,10-11H2,(H,22,29). The predicted octanol–water partition coefficient (Wildman–Crippen LogP) is 1.61. The number of nitrogens with zero attached hydrogens (tertiary/aromatic N) is 5. The van der Waals surface area contributed by atoms with Crippen LogP contribution in [0.1, 0.15) is 12.2 Å². The van der Waals surface area contributed by atoms with Gasteiger partial charge in [-0.15, -0.1) is 5.10 Å². The fourth-order valence-electron chi connectivity index (χ4n) is 3.19. The highest BCUT2D eigenvalue weighted by molar-refractivity contribution is 6.00. The normalized spacial score (nSPS) is 16.3. The van der Waals surface area contributed by atoms with Crippen molar-refractivity contribution in [1.82, 2.24) is 25.5 Å². The van der Waals surface area contributed by atoms with Gasteiger partial charge in [-0.25, -0.2) is 8.78 Å². The molecule has 4 rings (SSSR count). The highest BCUT2D eigenvalue weighted by Crippen LogP contribution is 2.25. The molecule has 148 valence electrons. The molecule has 0 spiro atoms. The van der Waals surface area contributed by atoms with Gasteiger partial charge in [0.05, 0.1) is 18.2 Å². The Bertz CT molecular complexity index is 1050. The summed E-state index contributed by atoms with van der Waals surface area (Å²) in [6.45, 7) is 0.217. The quantitative estimate of drug-likeness (QED) is 0.705. The van der Waals surface area contributed by atoms with Gasteiger partial charge >= 0.3 is 0 Å². The van der Waals surface area contributed by atoms with E-state index in [-0.39, 0.29) is 31.3 Å². The molecular weight excluding hydrogens is 382 g/mol. The Kier molecular flexibility index (Phi) is 4.98. The second kappa shape index (κ2) is 7.74. The lowest BCUT2D eigenvalue weighted by Gasteiger charge is -2.16. The molecular formula is C19H16F2N6O2. The molecule has 2 aromatic carbocycles. The van der Waals surface area contributed by atoms with Gasteiger partial charge in [-0.1, -0.05) is 6.07 Å². The van der Waals surface area contributed by atoms with E-state index >= 15 is 0 Å². The molecule has 1 unspecified atom stereocenters. The number of anilines is 1. The van der Waals surface area contributed by atoms with E-state index in [1.807, 2.05) is 0 Å². The van der Waals surface area contributed by atoms with Gasteiger partial charge in [0.1, 0.15) is 11.6 Å². The molecule has 1 aliphatic heterocycles. The minimum Gasteiger partial charge on any atom is -0.348 e. The molecule has 0 saturated carbocycles. The maximum Gasteiger partial charge on any atom is 0.227 e. The Labute approximate surface area is 164 Å². The van der Waals surface area contributed by atoms with E-state index in [4.69, 9.17) is 0 Å². The summed E-state index contributed by atoms with van der Waals surface area (Å²) in [5.41, 5.74) is 0.972. The van der Waals surface area contributed by atoms with Crippen molar-refractivity contribution in [3.8, 4) is 5.69 Å². The fourth-order valence-corrected chi connectivity index (χ4v) is 3.19. The number of amides is 2. The molecule has 8 nitrogen and oxygen atoms in total. The summed E-state index contributed by atoms with van der Waals surface area (Å²) in [6, 6.07) is 11.3. The number of carbonyl (C=O) groups excluding carboxylic acids is 2. The number of hydrogen-bond donors (Lipinski definition) is 1. The van der Waals surface area contributed by atoms with Crippen molar-refractivity contribution in [3.63, 3.8) is 0 Å². The Morgan fingerprint density at radius 1 is 1.10 bits per heavy atom. The molecule has 1 saturated heterocycles. The van der Waals surface area contributed by atoms with Gasteiger partial charge in [-0.05, 0) is 52.9 Å². The van der Waals surface area contributed by atoms with E-state index < -0.39 is 17.6 Å². The highest BCUT2D eigenvalue weighted by Gasteiger charge is 2.35. The third kappa shape index (κ3) is 3.96. The summed E-state index contributed by atoms with van der Waals surface area (Å²) < 4.78 is 27.8. The zero-order valence-electron chi connectivity index (χ0n) is 15.1. The van der Waals surface area contributed by atoms with Gasteiger partial charge in [0.2, 0.25) is 11.8 Å². The molecule has 1 fully saturated rings. The largest absolute Gasteiger partial charge is 0.348 e. The van der Waals surface area contributed by atoms with Crippen LogP contribution in [0.2, 0.25) is 0 Å². The first-order valence-corrected chi connectivity index (χ1v) is 8.88. The third-order valence-corrected chi connectivity index (χ3v) is 4.64. The summed E-state index contributed by atoms with van der Waals surface area (Å²) in [5.74, 6) is -1.59. The Morgan fingerprint density at radius 2 is 1.90 bits per heavy atom. The molecule has 1 N–H and O–H groups in total. The van der Waals surface area contributed by atoms with Crippen molar-refractivity contribution in [2.75, 3.05) is 11.4 Å². The zero-order valence-corrected chi connectivity index (χ0v) is 15.1. The number of hydrogen-bond acceptors (Lipinski definition) is 5. The number of rotatable bonds is 5. The molecule has 1 aromatic heterocycles. The number of tetrazole rings is 1. The molecule has 1 atom stereocenters. The summed E-state index contributed by atoms with van der Waals surface area (Å²) in [7, 11) is 0. The fraction of sp³-hybridized carbons (Fsp3) is 0.211. The topological polar surface area (TPSA) is 93.0 Å². The van der Waals surface area contributed by atoms with Crippen LogP contribution < -0.4 is 10.2 Å². The van der Waals surface area contributed by atoms with Crippen LogP contribution in [0.5, 0.6) is 0 Å². The van der Waals surface area contributed by atoms with Crippen molar-refractivity contribution in [2.45, 2.75) is 13.0 Å². The maximum atomic E-state index is 13.4. The van der Waals surface area contributed by atoms with Gasteiger partial charge in [0.25, 0.3) is 0 Å². The van der Waals surface area contributed by atoms with E-state index in [9.17, 15) is 18.4 Å². The van der Waals surface area contributed by atoms with Gasteiger partial charge in [-0.2, -0.15) is 4.68 Å². The Hall–Kier alpha value is -3.69. The minimum absolute atomic E-state index is 0.0174. The van der Waals surface area contributed by atoms with Crippen molar-refractivity contribution in [2.24, 2.45) is 5.92 Å². The average Bonchev–Trinajstić information content (AvgIpc) is 3.33. The van der Waals surface area contributed by atoms with E-state index in [0.717, 1.165) is 0 Å². The second-order valence-electron chi connectivity index (χ2n) is 6.59. The first-order chi connectivity index (χ1) is 14.0. The van der Waals surface area contributed by atoms with Gasteiger partial charge in [-0.3, -0.25) is 9.59 Å².